The Morgan fingerprint density at radius 2 is 1.75 bits per heavy atom. The van der Waals surface area contributed by atoms with Crippen molar-refractivity contribution in [3.05, 3.63) is 35.4 Å². The fourth-order valence-electron chi connectivity index (χ4n) is 4.02. The van der Waals surface area contributed by atoms with Gasteiger partial charge in [0.1, 0.15) is 18.1 Å². The Balaban J connectivity index is 2.40. The van der Waals surface area contributed by atoms with Gasteiger partial charge in [-0.15, -0.1) is 0 Å². The molecule has 0 aromatic heterocycles. The Bertz CT molecular complexity index is 1150. The SMILES string of the molecule is CC[C@H]1NC(=O)c2cccc(c2)CNC(=O)C(CC(=O)O)NC(=O)CNC(=O)C(CCCN=C(N)N)N(C)C1=O. The third kappa shape index (κ3) is 9.56. The minimum absolute atomic E-state index is 0.0525. The second-order valence-electron chi connectivity index (χ2n) is 9.20. The van der Waals surface area contributed by atoms with Crippen molar-refractivity contribution < 1.29 is 33.9 Å². The maximum atomic E-state index is 13.4. The molecule has 0 radical (unpaired) electrons. The van der Waals surface area contributed by atoms with Crippen LogP contribution in [0.15, 0.2) is 29.3 Å². The molecule has 2 unspecified atom stereocenters. The number of aliphatic imine (C=N–C) groups is 1. The predicted molar refractivity (Wildman–Crippen MR) is 143 cm³/mol. The van der Waals surface area contributed by atoms with Crippen LogP contribution in [0.4, 0.5) is 0 Å². The molecule has 1 aromatic carbocycles. The summed E-state index contributed by atoms with van der Waals surface area (Å²) in [6.07, 6.45) is -0.0169. The van der Waals surface area contributed by atoms with Crippen molar-refractivity contribution in [2.24, 2.45) is 16.5 Å². The smallest absolute Gasteiger partial charge is 0.305 e. The number of benzene rings is 1. The van der Waals surface area contributed by atoms with Gasteiger partial charge in [-0.2, -0.15) is 0 Å². The van der Waals surface area contributed by atoms with Crippen molar-refractivity contribution >= 4 is 41.5 Å². The summed E-state index contributed by atoms with van der Waals surface area (Å²) in [6, 6.07) is 2.87. The summed E-state index contributed by atoms with van der Waals surface area (Å²) in [5.41, 5.74) is 11.5. The number of rotatable bonds is 7. The lowest BCUT2D eigenvalue weighted by molar-refractivity contribution is -0.141. The molecular weight excluding hydrogens is 524 g/mol. The van der Waals surface area contributed by atoms with Gasteiger partial charge in [-0.3, -0.25) is 33.8 Å². The van der Waals surface area contributed by atoms with Crippen LogP contribution in [0.1, 0.15) is 48.5 Å². The van der Waals surface area contributed by atoms with E-state index >= 15 is 0 Å². The molecule has 9 N–H and O–H groups in total. The molecule has 1 heterocycles. The Hall–Kier alpha value is -4.69. The minimum atomic E-state index is -1.42. The number of carboxylic acids is 1. The lowest BCUT2D eigenvalue weighted by atomic mass is 10.1. The normalized spacial score (nSPS) is 21.2. The Morgan fingerprint density at radius 1 is 1.05 bits per heavy atom. The number of hydrogen-bond acceptors (Lipinski definition) is 7. The number of amides is 5. The van der Waals surface area contributed by atoms with Crippen molar-refractivity contribution in [2.45, 2.75) is 57.3 Å². The van der Waals surface area contributed by atoms with Crippen molar-refractivity contribution in [3.8, 4) is 0 Å². The number of carbonyl (C=O) groups excluding carboxylic acids is 5. The molecule has 40 heavy (non-hydrogen) atoms. The van der Waals surface area contributed by atoms with Gasteiger partial charge in [0.05, 0.1) is 13.0 Å². The van der Waals surface area contributed by atoms with Crippen LogP contribution in [0.3, 0.4) is 0 Å². The van der Waals surface area contributed by atoms with Gasteiger partial charge in [0.15, 0.2) is 5.96 Å². The summed E-state index contributed by atoms with van der Waals surface area (Å²) in [7, 11) is 1.41. The zero-order valence-corrected chi connectivity index (χ0v) is 22.4. The summed E-state index contributed by atoms with van der Waals surface area (Å²) in [6.45, 7) is 1.26. The van der Waals surface area contributed by atoms with Crippen LogP contribution in [-0.4, -0.2) is 89.7 Å². The van der Waals surface area contributed by atoms with E-state index in [1.165, 1.54) is 24.1 Å². The molecule has 218 valence electrons. The number of nitrogens with one attached hydrogen (secondary N) is 4. The first-order valence-electron chi connectivity index (χ1n) is 12.7. The molecule has 1 aliphatic rings. The molecule has 0 spiro atoms. The Kier molecular flexibility index (Phi) is 11.9. The van der Waals surface area contributed by atoms with E-state index in [0.717, 1.165) is 0 Å². The number of aliphatic carboxylic acids is 1. The van der Waals surface area contributed by atoms with Crippen molar-refractivity contribution in [1.82, 2.24) is 26.2 Å². The van der Waals surface area contributed by atoms with Gasteiger partial charge >= 0.3 is 5.97 Å². The number of hydrogen-bond donors (Lipinski definition) is 7. The minimum Gasteiger partial charge on any atom is -0.481 e. The van der Waals surface area contributed by atoms with Gasteiger partial charge in [-0.1, -0.05) is 19.1 Å². The van der Waals surface area contributed by atoms with Crippen LogP contribution < -0.4 is 32.7 Å². The predicted octanol–water partition coefficient (Wildman–Crippen LogP) is -2.22. The summed E-state index contributed by atoms with van der Waals surface area (Å²) in [4.78, 5) is 81.1. The van der Waals surface area contributed by atoms with Crippen LogP contribution in [0.2, 0.25) is 0 Å². The lowest BCUT2D eigenvalue weighted by Gasteiger charge is -2.30. The second kappa shape index (κ2) is 15.0. The Morgan fingerprint density at radius 3 is 2.40 bits per heavy atom. The summed E-state index contributed by atoms with van der Waals surface area (Å²) in [5.74, 6) is -4.74. The maximum absolute atomic E-state index is 13.4. The maximum Gasteiger partial charge on any atom is 0.305 e. The number of nitrogens with zero attached hydrogens (tertiary/aromatic N) is 2. The molecule has 3 atom stereocenters. The van der Waals surface area contributed by atoms with Crippen molar-refractivity contribution in [1.29, 1.82) is 0 Å². The topological polar surface area (TPSA) is 238 Å². The van der Waals surface area contributed by atoms with E-state index in [1.54, 1.807) is 19.1 Å². The van der Waals surface area contributed by atoms with Gasteiger partial charge in [-0.05, 0) is 37.0 Å². The average Bonchev–Trinajstić information content (AvgIpc) is 2.91. The number of carbonyl (C=O) groups is 6. The molecule has 0 saturated heterocycles. The van der Waals surface area contributed by atoms with E-state index in [1.807, 2.05) is 0 Å². The van der Waals surface area contributed by atoms with Crippen LogP contribution in [0.25, 0.3) is 0 Å². The van der Waals surface area contributed by atoms with Crippen LogP contribution in [-0.2, 0) is 30.5 Å². The van der Waals surface area contributed by atoms with Gasteiger partial charge in [0, 0.05) is 25.7 Å². The van der Waals surface area contributed by atoms with Crippen LogP contribution in [0, 0.1) is 0 Å². The second-order valence-corrected chi connectivity index (χ2v) is 9.20. The van der Waals surface area contributed by atoms with Crippen molar-refractivity contribution in [2.75, 3.05) is 20.1 Å². The van der Waals surface area contributed by atoms with Gasteiger partial charge in [-0.25, -0.2) is 0 Å². The highest BCUT2D eigenvalue weighted by atomic mass is 16.4. The molecule has 1 aliphatic heterocycles. The molecule has 5 amide bonds. The largest absolute Gasteiger partial charge is 0.481 e. The van der Waals surface area contributed by atoms with E-state index in [4.69, 9.17) is 11.5 Å². The molecular formula is C25H36N8O7. The van der Waals surface area contributed by atoms with Crippen LogP contribution >= 0.6 is 0 Å². The summed E-state index contributed by atoms with van der Waals surface area (Å²) >= 11 is 0. The third-order valence-corrected chi connectivity index (χ3v) is 6.17. The lowest BCUT2D eigenvalue weighted by Crippen LogP contribution is -2.55. The van der Waals surface area contributed by atoms with E-state index < -0.39 is 66.6 Å². The van der Waals surface area contributed by atoms with Crippen LogP contribution in [0.5, 0.6) is 0 Å². The zero-order valence-electron chi connectivity index (χ0n) is 22.4. The Labute approximate surface area is 231 Å². The summed E-state index contributed by atoms with van der Waals surface area (Å²) < 4.78 is 0. The van der Waals surface area contributed by atoms with E-state index in [0.29, 0.717) is 12.0 Å². The fourth-order valence-corrected chi connectivity index (χ4v) is 4.02. The van der Waals surface area contributed by atoms with E-state index in [-0.39, 0.29) is 37.5 Å². The molecule has 15 heteroatoms. The molecule has 15 nitrogen and oxygen atoms in total. The number of nitrogens with two attached hydrogens (primary N) is 2. The quantitative estimate of drug-likeness (QED) is 0.108. The first-order chi connectivity index (χ1) is 18.9. The highest BCUT2D eigenvalue weighted by Crippen LogP contribution is 2.12. The van der Waals surface area contributed by atoms with E-state index in [2.05, 4.69) is 26.3 Å². The van der Waals surface area contributed by atoms with Gasteiger partial charge in [0.2, 0.25) is 23.6 Å². The molecule has 2 bridgehead atoms. The first kappa shape index (κ1) is 31.5. The number of carboxylic acid groups (broad SMARTS) is 1. The highest BCUT2D eigenvalue weighted by molar-refractivity contribution is 5.99. The van der Waals surface area contributed by atoms with Crippen molar-refractivity contribution in [3.63, 3.8) is 0 Å². The zero-order chi connectivity index (χ0) is 29.8. The molecule has 1 aromatic rings. The molecule has 0 aliphatic carbocycles. The van der Waals surface area contributed by atoms with Gasteiger partial charge in [0.25, 0.3) is 5.91 Å². The third-order valence-electron chi connectivity index (χ3n) is 6.17. The standard InChI is InChI=1S/C25H36N8O7/c1-3-16-24(40)33(2)18(8-5-9-28-25(26)27)23(39)30-13-19(34)31-17(11-20(35)36)22(38)29-12-14-6-4-7-15(10-14)21(37)32-16/h4,6-7,10,16-18H,3,5,8-9,11-13H2,1-2H3,(H,29,38)(H,30,39)(H,31,34)(H,32,37)(H,35,36)(H4,26,27,28)/t16-,17?,18?/m1/s1. The van der Waals surface area contributed by atoms with E-state index in [9.17, 15) is 33.9 Å². The average molecular weight is 561 g/mol. The highest BCUT2D eigenvalue weighted by Gasteiger charge is 2.32. The first-order valence-corrected chi connectivity index (χ1v) is 12.7. The summed E-state index contributed by atoms with van der Waals surface area (Å²) in [5, 5.41) is 19.2. The monoisotopic (exact) mass is 560 g/mol. The fraction of sp³-hybridized carbons (Fsp3) is 0.480. The number of likely N-dealkylation sites (N-methyl/N-ethyl adjacent to an activating group) is 1. The molecule has 0 saturated carbocycles. The molecule has 2 rings (SSSR count). The van der Waals surface area contributed by atoms with Gasteiger partial charge < -0.3 is 42.7 Å². The number of guanidine groups is 1. The molecule has 0 fully saturated rings. The number of fused-ring (bicyclic) bond motifs is 2.